The summed E-state index contributed by atoms with van der Waals surface area (Å²) in [4.78, 5) is 0. The van der Waals surface area contributed by atoms with E-state index in [2.05, 4.69) is 62.4 Å². The van der Waals surface area contributed by atoms with E-state index in [4.69, 9.17) is 0 Å². The Balaban J connectivity index is 0.000000199. The molecule has 0 radical (unpaired) electrons. The Morgan fingerprint density at radius 1 is 0.556 bits per heavy atom. The van der Waals surface area contributed by atoms with Gasteiger partial charge in [0.05, 0.1) is 0 Å². The van der Waals surface area contributed by atoms with E-state index in [-0.39, 0.29) is 15.2 Å². The summed E-state index contributed by atoms with van der Waals surface area (Å²) in [5.74, 6) is -13.6. The molecule has 0 fully saturated rings. The minimum absolute atomic E-state index is 0.252. The molecule has 138 valence electrons. The molecule has 0 saturated carbocycles. The topological polar surface area (TPSA) is 23.1 Å². The Kier molecular flexibility index (Phi) is 7.00. The van der Waals surface area contributed by atoms with Crippen LogP contribution in [-0.4, -0.2) is 15.2 Å². The third-order valence-corrected chi connectivity index (χ3v) is 5.09. The van der Waals surface area contributed by atoms with E-state index in [1.807, 2.05) is 0 Å². The van der Waals surface area contributed by atoms with Gasteiger partial charge in [-0.15, -0.1) is 0 Å². The van der Waals surface area contributed by atoms with Crippen molar-refractivity contribution < 1.29 is 27.1 Å². The molecular weight excluding hydrogens is 378 g/mol. The zero-order valence-electron chi connectivity index (χ0n) is 14.5. The van der Waals surface area contributed by atoms with E-state index in [0.29, 0.717) is 0 Å². The van der Waals surface area contributed by atoms with Crippen molar-refractivity contribution >= 4 is 24.1 Å². The van der Waals surface area contributed by atoms with Crippen molar-refractivity contribution in [3.05, 3.63) is 88.7 Å². The van der Waals surface area contributed by atoms with Crippen LogP contribution in [0.25, 0.3) is 0 Å². The molecular formula is C20H14AlF5O. The van der Waals surface area contributed by atoms with Gasteiger partial charge in [-0.3, -0.25) is 0 Å². The molecule has 3 rings (SSSR count). The molecule has 0 unspecified atom stereocenters. The van der Waals surface area contributed by atoms with Gasteiger partial charge in [-0.2, -0.15) is 0 Å². The van der Waals surface area contributed by atoms with Gasteiger partial charge in [0, 0.05) is 0 Å². The quantitative estimate of drug-likeness (QED) is 0.284. The monoisotopic (exact) mass is 392 g/mol. The van der Waals surface area contributed by atoms with Crippen LogP contribution in [0.1, 0.15) is 11.1 Å². The Morgan fingerprint density at radius 2 is 0.852 bits per heavy atom. The maximum Gasteiger partial charge on any atom is 0.200 e. The number of aryl methyl sites for hydroxylation is 2. The third kappa shape index (κ3) is 5.32. The van der Waals surface area contributed by atoms with Crippen molar-refractivity contribution in [2.45, 2.75) is 13.8 Å². The number of halogens is 5. The summed E-state index contributed by atoms with van der Waals surface area (Å²) < 4.78 is 63.3. The molecule has 3 aromatic carbocycles. The Morgan fingerprint density at radius 3 is 1.19 bits per heavy atom. The van der Waals surface area contributed by atoms with Crippen molar-refractivity contribution in [1.82, 2.24) is 0 Å². The van der Waals surface area contributed by atoms with E-state index < -0.39 is 34.8 Å². The zero-order chi connectivity index (χ0) is 20.1. The second kappa shape index (κ2) is 9.03. The van der Waals surface area contributed by atoms with Gasteiger partial charge in [-0.05, 0) is 5.75 Å². The summed E-state index contributed by atoms with van der Waals surface area (Å²) in [6.45, 7) is 4.26. The fraction of sp³-hybridized carbons (Fsp3) is 0.100. The van der Waals surface area contributed by atoms with Crippen molar-refractivity contribution in [2.24, 2.45) is 0 Å². The number of hydrogen-bond acceptors (Lipinski definition) is 1. The van der Waals surface area contributed by atoms with Gasteiger partial charge in [-0.1, -0.05) is 0 Å². The van der Waals surface area contributed by atoms with Gasteiger partial charge >= 0.3 is 97.6 Å². The standard InChI is InChI=1S/2C7H7.C6HF5O.Al/c2*1-7-5-3-2-4-6-7;7-1-2(8)4(10)6(12)5(11)3(1)9;/h2*3-6H,1H3;12H;/q;;;+1/p-1. The average Bonchev–Trinajstić information content (AvgIpc) is 2.67. The first-order valence-electron chi connectivity index (χ1n) is 7.87. The van der Waals surface area contributed by atoms with Crippen LogP contribution in [0.4, 0.5) is 22.0 Å². The summed E-state index contributed by atoms with van der Waals surface area (Å²) in [5, 5.41) is 10.2. The second-order valence-corrected chi connectivity index (χ2v) is 7.49. The third-order valence-electron chi connectivity index (χ3n) is 3.66. The van der Waals surface area contributed by atoms with Crippen LogP contribution >= 0.6 is 0 Å². The summed E-state index contributed by atoms with van der Waals surface area (Å²) in [6, 6.07) is 17.7. The summed E-state index contributed by atoms with van der Waals surface area (Å²) in [7, 11) is 0. The number of rotatable bonds is 2. The Hall–Kier alpha value is -2.36. The van der Waals surface area contributed by atoms with E-state index in [1.165, 1.54) is 20.0 Å². The molecule has 0 amide bonds. The molecule has 0 N–H and O–H groups in total. The molecule has 0 aliphatic carbocycles. The largest absolute Gasteiger partial charge is 0.868 e. The normalized spacial score (nSPS) is 10.0. The van der Waals surface area contributed by atoms with Gasteiger partial charge in [0.25, 0.3) is 0 Å². The van der Waals surface area contributed by atoms with Gasteiger partial charge in [0.1, 0.15) is 0 Å². The Bertz CT molecular complexity index is 776. The molecule has 0 heterocycles. The average molecular weight is 392 g/mol. The molecule has 0 spiro atoms. The van der Waals surface area contributed by atoms with Crippen LogP contribution in [0.3, 0.4) is 0 Å². The molecule has 3 aromatic rings. The summed E-state index contributed by atoms with van der Waals surface area (Å²) >= 11 is 0.252. The first-order valence-corrected chi connectivity index (χ1v) is 9.02. The second-order valence-electron chi connectivity index (χ2n) is 5.86. The molecule has 0 saturated heterocycles. The van der Waals surface area contributed by atoms with Crippen molar-refractivity contribution in [3.63, 3.8) is 0 Å². The molecule has 0 aliphatic heterocycles. The molecule has 27 heavy (non-hydrogen) atoms. The number of benzene rings is 3. The fourth-order valence-electron chi connectivity index (χ4n) is 2.10. The molecule has 0 aromatic heterocycles. The van der Waals surface area contributed by atoms with Gasteiger partial charge < -0.3 is 5.11 Å². The van der Waals surface area contributed by atoms with Crippen LogP contribution in [0.15, 0.2) is 48.5 Å². The minimum atomic E-state index is -2.33. The molecule has 0 bridgehead atoms. The summed E-state index contributed by atoms with van der Waals surface area (Å²) in [6.07, 6.45) is 0. The molecule has 0 atom stereocenters. The maximum atomic E-state index is 12.1. The van der Waals surface area contributed by atoms with Gasteiger partial charge in [0.2, 0.25) is 0 Å². The molecule has 0 aliphatic rings. The zero-order valence-corrected chi connectivity index (χ0v) is 15.6. The van der Waals surface area contributed by atoms with Gasteiger partial charge in [-0.25, -0.2) is 22.0 Å². The van der Waals surface area contributed by atoms with E-state index in [0.717, 1.165) is 0 Å². The van der Waals surface area contributed by atoms with Crippen molar-refractivity contribution in [3.8, 4) is 5.75 Å². The first-order chi connectivity index (χ1) is 12.7. The van der Waals surface area contributed by atoms with E-state index in [1.54, 1.807) is 0 Å². The predicted molar refractivity (Wildman–Crippen MR) is 93.1 cm³/mol. The Labute approximate surface area is 159 Å². The van der Waals surface area contributed by atoms with Gasteiger partial charge in [0.15, 0.2) is 29.1 Å². The van der Waals surface area contributed by atoms with Crippen molar-refractivity contribution in [2.75, 3.05) is 0 Å². The molecule has 1 nitrogen and oxygen atoms in total. The fourth-order valence-corrected chi connectivity index (χ4v) is 3.26. The maximum absolute atomic E-state index is 12.1. The van der Waals surface area contributed by atoms with Crippen LogP contribution in [0.2, 0.25) is 0 Å². The van der Waals surface area contributed by atoms with Crippen LogP contribution in [-0.2, 0) is 0 Å². The van der Waals surface area contributed by atoms with Crippen LogP contribution < -0.4 is 14.0 Å². The SMILES string of the molecule is Cc1cc[c]([Al+][c]2ccc(C)cc2)cc1.[O-]c1c(F)c(F)c(F)c(F)c1F. The summed E-state index contributed by atoms with van der Waals surface area (Å²) in [5.41, 5.74) is 2.67. The van der Waals surface area contributed by atoms with Crippen LogP contribution in [0, 0.1) is 42.9 Å². The van der Waals surface area contributed by atoms with E-state index >= 15 is 0 Å². The van der Waals surface area contributed by atoms with Crippen molar-refractivity contribution in [1.29, 1.82) is 0 Å². The van der Waals surface area contributed by atoms with Crippen LogP contribution in [0.5, 0.6) is 5.75 Å². The number of hydrogen-bond donors (Lipinski definition) is 0. The minimum Gasteiger partial charge on any atom is -0.868 e. The molecule has 7 heteroatoms. The van der Waals surface area contributed by atoms with E-state index in [9.17, 15) is 27.1 Å². The smallest absolute Gasteiger partial charge is 0.200 e. The predicted octanol–water partition coefficient (Wildman–Crippen LogP) is 3.41. The first kappa shape index (κ1) is 20.9.